The third-order valence-electron chi connectivity index (χ3n) is 14.6. The minimum atomic E-state index is -0.106. The fourth-order valence-electron chi connectivity index (χ4n) is 11.2. The maximum Gasteiger partial charge on any atom is 0.159 e. The molecule has 346 valence electrons. The number of nitrogens with zero attached hydrogens (tertiary/aromatic N) is 2. The van der Waals surface area contributed by atoms with Gasteiger partial charge in [0.05, 0.1) is 22.7 Å². The number of hydrogen-bond acceptors (Lipinski definition) is 5. The lowest BCUT2D eigenvalue weighted by atomic mass is 9.86. The Morgan fingerprint density at radius 3 is 1.03 bits per heavy atom. The highest BCUT2D eigenvalue weighted by Gasteiger charge is 2.29. The standard InChI is InChI=1S/C66H54N2O3/c1-39-29-33-41(34-30-39)67(53-27-15-23-49-47-21-13-25-51(65(3,4)5)61(47)70-63(49)53)55-37-57-59(45-19-11-9-17-43(45)55)60-46-20-12-10-18-44(46)56(38-58(60)69-57)68(42-35-31-40(2)32-36-42)54-28-16-24-50-48-22-14-26-52(66(6,7)8)62(48)71-64(50)54/h9-38H,1-8H3. The molecule has 0 saturated carbocycles. The van der Waals surface area contributed by atoms with Gasteiger partial charge in [0.25, 0.3) is 0 Å². The Hall–Kier alpha value is -8.28. The summed E-state index contributed by atoms with van der Waals surface area (Å²) in [5, 5.41) is 11.0. The molecule has 0 amide bonds. The van der Waals surface area contributed by atoms with Gasteiger partial charge in [0.2, 0.25) is 0 Å². The van der Waals surface area contributed by atoms with Crippen LogP contribution < -0.4 is 9.80 Å². The molecule has 0 spiro atoms. The van der Waals surface area contributed by atoms with Gasteiger partial charge in [-0.25, -0.2) is 0 Å². The van der Waals surface area contributed by atoms with Crippen LogP contribution in [-0.2, 0) is 10.8 Å². The molecule has 71 heavy (non-hydrogen) atoms. The highest BCUT2D eigenvalue weighted by Crippen LogP contribution is 2.52. The first-order valence-electron chi connectivity index (χ1n) is 24.7. The molecule has 13 rings (SSSR count). The van der Waals surface area contributed by atoms with Crippen molar-refractivity contribution in [3.63, 3.8) is 0 Å². The maximum atomic E-state index is 7.31. The van der Waals surface area contributed by atoms with Crippen molar-refractivity contribution in [2.45, 2.75) is 66.2 Å². The number of furan rings is 3. The second-order valence-corrected chi connectivity index (χ2v) is 21.4. The van der Waals surface area contributed by atoms with Gasteiger partial charge in [-0.15, -0.1) is 0 Å². The predicted octanol–water partition coefficient (Wildman–Crippen LogP) is 19.8. The van der Waals surface area contributed by atoms with Crippen LogP contribution in [0.15, 0.2) is 195 Å². The summed E-state index contributed by atoms with van der Waals surface area (Å²) >= 11 is 0. The minimum absolute atomic E-state index is 0.106. The van der Waals surface area contributed by atoms with Gasteiger partial charge in [-0.05, 0) is 71.8 Å². The zero-order chi connectivity index (χ0) is 48.5. The molecule has 0 aliphatic heterocycles. The Labute approximate surface area is 413 Å². The summed E-state index contributed by atoms with van der Waals surface area (Å²) < 4.78 is 21.5. The Kier molecular flexibility index (Phi) is 9.41. The number of anilines is 6. The molecule has 5 nitrogen and oxygen atoms in total. The third kappa shape index (κ3) is 6.67. The van der Waals surface area contributed by atoms with Crippen LogP contribution in [0.4, 0.5) is 34.1 Å². The summed E-state index contributed by atoms with van der Waals surface area (Å²) in [6.45, 7) is 17.8. The van der Waals surface area contributed by atoms with Gasteiger partial charge >= 0.3 is 0 Å². The SMILES string of the molecule is Cc1ccc(N(c2cc3oc4cc(N(c5ccc(C)cc5)c5cccc6c5oc5c(C(C)(C)C)cccc56)c5ccccc5c4c3c3ccccc23)c2cccc3c2oc2c(C(C)(C)C)cccc23)cc1. The third-order valence-corrected chi connectivity index (χ3v) is 14.6. The van der Waals surface area contributed by atoms with Gasteiger partial charge in [0.1, 0.15) is 22.3 Å². The van der Waals surface area contributed by atoms with E-state index in [1.807, 2.05) is 0 Å². The highest BCUT2D eigenvalue weighted by atomic mass is 16.3. The maximum absolute atomic E-state index is 7.31. The molecule has 3 heterocycles. The molecule has 0 aliphatic carbocycles. The summed E-state index contributed by atoms with van der Waals surface area (Å²) in [5.74, 6) is 0. The summed E-state index contributed by atoms with van der Waals surface area (Å²) in [5.41, 5.74) is 15.6. The fourth-order valence-corrected chi connectivity index (χ4v) is 11.2. The first kappa shape index (κ1) is 42.8. The lowest BCUT2D eigenvalue weighted by Gasteiger charge is -2.27. The number of hydrogen-bond donors (Lipinski definition) is 0. The average Bonchev–Trinajstić information content (AvgIpc) is 4.07. The van der Waals surface area contributed by atoms with E-state index in [4.69, 9.17) is 13.3 Å². The van der Waals surface area contributed by atoms with Gasteiger partial charge in [-0.1, -0.05) is 186 Å². The van der Waals surface area contributed by atoms with Crippen LogP contribution in [0.25, 0.3) is 87.4 Å². The van der Waals surface area contributed by atoms with E-state index in [1.165, 1.54) is 22.3 Å². The number of fused-ring (bicyclic) bond motifs is 13. The van der Waals surface area contributed by atoms with Crippen molar-refractivity contribution in [1.29, 1.82) is 0 Å². The Balaban J connectivity index is 1.09. The highest BCUT2D eigenvalue weighted by molar-refractivity contribution is 6.30. The summed E-state index contributed by atoms with van der Waals surface area (Å²) in [7, 11) is 0. The largest absolute Gasteiger partial charge is 0.456 e. The second kappa shape index (κ2) is 15.6. The van der Waals surface area contributed by atoms with E-state index in [2.05, 4.69) is 247 Å². The molecule has 0 aliphatic rings. The molecule has 5 heteroatoms. The van der Waals surface area contributed by atoms with E-state index >= 15 is 0 Å². The van der Waals surface area contributed by atoms with Crippen molar-refractivity contribution < 1.29 is 13.3 Å². The number of para-hydroxylation sites is 4. The van der Waals surface area contributed by atoms with Crippen molar-refractivity contribution in [2.75, 3.05) is 9.80 Å². The van der Waals surface area contributed by atoms with Crippen LogP contribution in [0, 0.1) is 13.8 Å². The van der Waals surface area contributed by atoms with E-state index in [0.717, 1.165) is 121 Å². The molecular formula is C66H54N2O3. The molecule has 10 aromatic carbocycles. The molecule has 0 radical (unpaired) electrons. The van der Waals surface area contributed by atoms with Gasteiger partial charge < -0.3 is 23.1 Å². The quantitative estimate of drug-likeness (QED) is 0.166. The normalized spacial score (nSPS) is 12.5. The molecule has 0 unspecified atom stereocenters. The van der Waals surface area contributed by atoms with Crippen molar-refractivity contribution in [3.05, 3.63) is 204 Å². The van der Waals surface area contributed by atoms with Gasteiger partial charge in [0, 0.05) is 77.7 Å². The molecule has 0 atom stereocenters. The van der Waals surface area contributed by atoms with Crippen molar-refractivity contribution in [3.8, 4) is 0 Å². The average molecular weight is 923 g/mol. The molecule has 0 fully saturated rings. The van der Waals surface area contributed by atoms with E-state index in [1.54, 1.807) is 0 Å². The predicted molar refractivity (Wildman–Crippen MR) is 300 cm³/mol. The van der Waals surface area contributed by atoms with Crippen LogP contribution in [-0.4, -0.2) is 0 Å². The second-order valence-electron chi connectivity index (χ2n) is 21.4. The van der Waals surface area contributed by atoms with Crippen molar-refractivity contribution in [1.82, 2.24) is 0 Å². The monoisotopic (exact) mass is 922 g/mol. The summed E-state index contributed by atoms with van der Waals surface area (Å²) in [6, 6.07) is 65.7. The van der Waals surface area contributed by atoms with E-state index in [-0.39, 0.29) is 10.8 Å². The van der Waals surface area contributed by atoms with E-state index in [9.17, 15) is 0 Å². The van der Waals surface area contributed by atoms with Crippen LogP contribution in [0.3, 0.4) is 0 Å². The number of aryl methyl sites for hydroxylation is 2. The zero-order valence-electron chi connectivity index (χ0n) is 41.4. The number of rotatable bonds is 6. The molecule has 13 aromatic rings. The van der Waals surface area contributed by atoms with Gasteiger partial charge in [-0.3, -0.25) is 0 Å². The van der Waals surface area contributed by atoms with Crippen LogP contribution in [0.1, 0.15) is 63.8 Å². The minimum Gasteiger partial charge on any atom is -0.456 e. The molecular weight excluding hydrogens is 869 g/mol. The Morgan fingerprint density at radius 1 is 0.310 bits per heavy atom. The topological polar surface area (TPSA) is 45.9 Å². The lowest BCUT2D eigenvalue weighted by molar-refractivity contribution is 0.572. The van der Waals surface area contributed by atoms with Crippen LogP contribution in [0.2, 0.25) is 0 Å². The first-order chi connectivity index (χ1) is 34.3. The van der Waals surface area contributed by atoms with E-state index in [0.29, 0.717) is 0 Å². The van der Waals surface area contributed by atoms with Gasteiger partial charge in [0.15, 0.2) is 11.2 Å². The van der Waals surface area contributed by atoms with Crippen LogP contribution >= 0.6 is 0 Å². The van der Waals surface area contributed by atoms with Crippen molar-refractivity contribution in [2.24, 2.45) is 0 Å². The van der Waals surface area contributed by atoms with Crippen molar-refractivity contribution >= 4 is 121 Å². The first-order valence-corrected chi connectivity index (χ1v) is 24.7. The van der Waals surface area contributed by atoms with Crippen LogP contribution in [0.5, 0.6) is 0 Å². The molecule has 0 bridgehead atoms. The van der Waals surface area contributed by atoms with E-state index < -0.39 is 0 Å². The Morgan fingerprint density at radius 2 is 0.648 bits per heavy atom. The molecule has 0 N–H and O–H groups in total. The number of benzene rings is 10. The zero-order valence-corrected chi connectivity index (χ0v) is 41.4. The summed E-state index contributed by atoms with van der Waals surface area (Å²) in [6.07, 6.45) is 0. The summed E-state index contributed by atoms with van der Waals surface area (Å²) in [4.78, 5) is 4.72. The lowest BCUT2D eigenvalue weighted by Crippen LogP contribution is -2.11. The fraction of sp³-hybridized carbons (Fsp3) is 0.152. The molecule has 3 aromatic heterocycles. The molecule has 0 saturated heterocycles. The van der Waals surface area contributed by atoms with Gasteiger partial charge in [-0.2, -0.15) is 0 Å². The Bertz CT molecular complexity index is 3990. The smallest absolute Gasteiger partial charge is 0.159 e.